The van der Waals surface area contributed by atoms with Crippen molar-refractivity contribution in [2.45, 2.75) is 0 Å². The van der Waals surface area contributed by atoms with Crippen LogP contribution in [-0.4, -0.2) is 0 Å². The fourth-order valence-electron chi connectivity index (χ4n) is 0. The van der Waals surface area contributed by atoms with Crippen LogP contribution >= 0.6 is 0 Å². The third-order valence-electron chi connectivity index (χ3n) is 0. The van der Waals surface area contributed by atoms with E-state index >= 15 is 0 Å². The molecule has 0 fully saturated rings. The summed E-state index contributed by atoms with van der Waals surface area (Å²) in [5, 5.41) is 1.25. The Morgan fingerprint density at radius 3 is 1.25 bits per heavy atom. The molecule has 1 nitrogen and oxygen atoms in total. The van der Waals surface area contributed by atoms with Gasteiger partial charge in [0.1, 0.15) is 0 Å². The SMILES string of the molecule is FOF.[La+3]. The number of hydrogen-bond acceptors (Lipinski definition) is 1. The maximum Gasteiger partial charge on any atom is 3.00 e. The zero-order valence-corrected chi connectivity index (χ0v) is 5.37. The summed E-state index contributed by atoms with van der Waals surface area (Å²) in [6.45, 7) is 0. The van der Waals surface area contributed by atoms with Crippen molar-refractivity contribution in [2.75, 3.05) is 0 Å². The summed E-state index contributed by atoms with van der Waals surface area (Å²) < 4.78 is 18.2. The van der Waals surface area contributed by atoms with E-state index < -0.39 is 0 Å². The van der Waals surface area contributed by atoms with Gasteiger partial charge in [-0.05, 0) is 9.05 Å². The molecular weight excluding hydrogens is 193 g/mol. The number of rotatable bonds is 0. The second-order valence-corrected chi connectivity index (χ2v) is 0.0583. The van der Waals surface area contributed by atoms with Crippen molar-refractivity contribution in [1.29, 1.82) is 0 Å². The molecule has 0 spiro atoms. The first-order chi connectivity index (χ1) is 1.41. The van der Waals surface area contributed by atoms with E-state index in [4.69, 9.17) is 9.05 Å². The molecule has 0 atom stereocenters. The third kappa shape index (κ3) is 11.9. The zero-order chi connectivity index (χ0) is 2.71. The van der Waals surface area contributed by atoms with Crippen molar-refractivity contribution in [2.24, 2.45) is 0 Å². The molecular formula is F2LaO+3. The first-order valence-electron chi connectivity index (χ1n) is 0.309. The van der Waals surface area contributed by atoms with Gasteiger partial charge in [0.05, 0.1) is 0 Å². The van der Waals surface area contributed by atoms with Crippen molar-refractivity contribution >= 4 is 0 Å². The largest absolute Gasteiger partial charge is 3.00 e. The van der Waals surface area contributed by atoms with Gasteiger partial charge in [-0.2, -0.15) is 0 Å². The summed E-state index contributed by atoms with van der Waals surface area (Å²) in [6, 6.07) is 0. The Balaban J connectivity index is 0. The minimum atomic E-state index is 0. The quantitative estimate of drug-likeness (QED) is 0.552. The smallest absolute Gasteiger partial charge is 0.0104 e. The summed E-state index contributed by atoms with van der Waals surface area (Å²) in [7, 11) is 0. The average Bonchev–Trinajstić information content (AvgIpc) is 0.918. The first-order valence-corrected chi connectivity index (χ1v) is 0.309. The van der Waals surface area contributed by atoms with E-state index in [1.807, 2.05) is 0 Å². The molecule has 0 aromatic heterocycles. The first kappa shape index (κ1) is 8.89. The Morgan fingerprint density at radius 1 is 1.25 bits per heavy atom. The fraction of sp³-hybridized carbons (Fsp3) is 0. The van der Waals surface area contributed by atoms with Crippen LogP contribution in [0.5, 0.6) is 0 Å². The van der Waals surface area contributed by atoms with Crippen molar-refractivity contribution in [3.05, 3.63) is 0 Å². The zero-order valence-electron chi connectivity index (χ0n) is 1.74. The van der Waals surface area contributed by atoms with Gasteiger partial charge >= 0.3 is 35.6 Å². The molecule has 0 N–H and O–H groups in total. The van der Waals surface area contributed by atoms with Gasteiger partial charge in [-0.3, -0.25) is 0 Å². The van der Waals surface area contributed by atoms with Gasteiger partial charge in [0.25, 0.3) is 0 Å². The van der Waals surface area contributed by atoms with Crippen LogP contribution in [0.2, 0.25) is 0 Å². The van der Waals surface area contributed by atoms with E-state index in [0.717, 1.165) is 0 Å². The fourth-order valence-corrected chi connectivity index (χ4v) is 0. The second kappa shape index (κ2) is 8.99. The maximum absolute atomic E-state index is 9.12. The van der Waals surface area contributed by atoms with Gasteiger partial charge < -0.3 is 0 Å². The van der Waals surface area contributed by atoms with Gasteiger partial charge in [-0.25, -0.2) is 0 Å². The normalized spacial score (nSPS) is 4.50. The molecule has 0 radical (unpaired) electrons. The van der Waals surface area contributed by atoms with Gasteiger partial charge in [-0.1, -0.05) is 0 Å². The van der Waals surface area contributed by atoms with Crippen molar-refractivity contribution < 1.29 is 49.8 Å². The topological polar surface area (TPSA) is 9.23 Å². The number of halogens is 2. The van der Waals surface area contributed by atoms with E-state index in [1.54, 1.807) is 0 Å². The van der Waals surface area contributed by atoms with Gasteiger partial charge in [-0.15, -0.1) is 0 Å². The van der Waals surface area contributed by atoms with E-state index in [9.17, 15) is 0 Å². The van der Waals surface area contributed by atoms with Crippen LogP contribution < -0.4 is 0 Å². The third-order valence-corrected chi connectivity index (χ3v) is 0. The number of hydrogen-bond donors (Lipinski definition) is 0. The minimum Gasteiger partial charge on any atom is -0.0104 e. The van der Waals surface area contributed by atoms with Crippen LogP contribution in [0.3, 0.4) is 0 Å². The van der Waals surface area contributed by atoms with Crippen molar-refractivity contribution in [3.8, 4) is 0 Å². The van der Waals surface area contributed by atoms with E-state index in [1.165, 1.54) is 5.15 Å². The molecule has 0 aliphatic rings. The molecule has 0 rings (SSSR count). The van der Waals surface area contributed by atoms with E-state index in [0.29, 0.717) is 0 Å². The molecule has 0 aliphatic carbocycles. The summed E-state index contributed by atoms with van der Waals surface area (Å²) >= 11 is 0. The molecule has 4 heteroatoms. The molecule has 4 heavy (non-hydrogen) atoms. The molecule has 0 unspecified atom stereocenters. The van der Waals surface area contributed by atoms with Crippen LogP contribution in [-0.2, 0) is 5.15 Å². The molecule has 0 heterocycles. The minimum absolute atomic E-state index is 0. The molecule has 0 bridgehead atoms. The second-order valence-electron chi connectivity index (χ2n) is 0.0583. The Morgan fingerprint density at radius 2 is 1.25 bits per heavy atom. The Hall–Kier alpha value is 1.01. The average molecular weight is 193 g/mol. The Kier molecular flexibility index (Phi) is 20.0. The standard InChI is InChI=1S/F2O.La/c1-3-2;/q;+3. The summed E-state index contributed by atoms with van der Waals surface area (Å²) in [6.07, 6.45) is 0. The van der Waals surface area contributed by atoms with Gasteiger partial charge in [0.15, 0.2) is 0 Å². The molecule has 0 aliphatic heterocycles. The molecule has 0 aromatic rings. The van der Waals surface area contributed by atoms with E-state index in [-0.39, 0.29) is 35.6 Å². The van der Waals surface area contributed by atoms with Gasteiger partial charge in [0.2, 0.25) is 0 Å². The van der Waals surface area contributed by atoms with Gasteiger partial charge in [0, 0.05) is 5.15 Å². The molecule has 0 saturated heterocycles. The predicted octanol–water partition coefficient (Wildman–Crippen LogP) is 0.772. The monoisotopic (exact) mass is 193 g/mol. The summed E-state index contributed by atoms with van der Waals surface area (Å²) in [5.41, 5.74) is 0. The van der Waals surface area contributed by atoms with Crippen LogP contribution in [0.15, 0.2) is 0 Å². The molecule has 0 amide bonds. The van der Waals surface area contributed by atoms with Crippen molar-refractivity contribution in [1.82, 2.24) is 0 Å². The summed E-state index contributed by atoms with van der Waals surface area (Å²) in [4.78, 5) is 0. The van der Waals surface area contributed by atoms with Crippen molar-refractivity contribution in [3.63, 3.8) is 0 Å². The predicted molar refractivity (Wildman–Crippen MR) is 3.30 cm³/mol. The van der Waals surface area contributed by atoms with Crippen LogP contribution in [0, 0.1) is 35.6 Å². The Labute approximate surface area is 49.7 Å². The maximum atomic E-state index is 9.12. The van der Waals surface area contributed by atoms with E-state index in [2.05, 4.69) is 0 Å². The molecule has 0 aromatic carbocycles. The molecule has 0 saturated carbocycles. The van der Waals surface area contributed by atoms with Crippen LogP contribution in [0.25, 0.3) is 0 Å². The van der Waals surface area contributed by atoms with Crippen LogP contribution in [0.1, 0.15) is 0 Å². The summed E-state index contributed by atoms with van der Waals surface area (Å²) in [5.74, 6) is 0. The Bertz CT molecular complexity index is 6.00. The van der Waals surface area contributed by atoms with Crippen LogP contribution in [0.4, 0.5) is 9.05 Å². The molecule has 20 valence electrons.